The predicted molar refractivity (Wildman–Crippen MR) is 74.6 cm³/mol. The molecule has 21 heavy (non-hydrogen) atoms. The Hall–Kier alpha value is -1.70. The fourth-order valence-electron chi connectivity index (χ4n) is 1.35. The number of hydrogen-bond donors (Lipinski definition) is 1. The Labute approximate surface area is 122 Å². The van der Waals surface area contributed by atoms with Crippen molar-refractivity contribution in [2.75, 3.05) is 18.1 Å². The van der Waals surface area contributed by atoms with Crippen molar-refractivity contribution in [1.82, 2.24) is 0 Å². The SMILES string of the molecule is CC(C)(C)S(=O)(=O)CCOC(=O)c1cc(N)c(F)cc1F. The molecule has 0 saturated heterocycles. The maximum absolute atomic E-state index is 13.4. The summed E-state index contributed by atoms with van der Waals surface area (Å²) in [5.74, 6) is -3.59. The van der Waals surface area contributed by atoms with Crippen molar-refractivity contribution in [3.05, 3.63) is 29.3 Å². The van der Waals surface area contributed by atoms with E-state index in [0.717, 1.165) is 6.07 Å². The highest BCUT2D eigenvalue weighted by Crippen LogP contribution is 2.18. The molecule has 2 N–H and O–H groups in total. The first-order valence-electron chi connectivity index (χ1n) is 6.09. The molecule has 0 aromatic heterocycles. The summed E-state index contributed by atoms with van der Waals surface area (Å²) in [7, 11) is -3.46. The summed E-state index contributed by atoms with van der Waals surface area (Å²) in [5.41, 5.74) is 4.30. The van der Waals surface area contributed by atoms with Crippen LogP contribution in [0.3, 0.4) is 0 Å². The minimum atomic E-state index is -3.46. The number of halogens is 2. The molecule has 0 aliphatic carbocycles. The minimum absolute atomic E-state index is 0.388. The van der Waals surface area contributed by atoms with Gasteiger partial charge >= 0.3 is 5.97 Å². The van der Waals surface area contributed by atoms with Gasteiger partial charge in [0.15, 0.2) is 9.84 Å². The molecule has 0 aliphatic rings. The van der Waals surface area contributed by atoms with Gasteiger partial charge in [0.2, 0.25) is 0 Å². The predicted octanol–water partition coefficient (Wildman–Crippen LogP) is 1.92. The Bertz CT molecular complexity index is 651. The average molecular weight is 321 g/mol. The zero-order valence-corrected chi connectivity index (χ0v) is 12.8. The molecule has 1 rings (SSSR count). The van der Waals surface area contributed by atoms with E-state index in [-0.39, 0.29) is 5.75 Å². The van der Waals surface area contributed by atoms with Crippen LogP contribution in [0.2, 0.25) is 0 Å². The van der Waals surface area contributed by atoms with E-state index in [1.165, 1.54) is 20.8 Å². The van der Waals surface area contributed by atoms with E-state index in [0.29, 0.717) is 6.07 Å². The quantitative estimate of drug-likeness (QED) is 0.676. The highest BCUT2D eigenvalue weighted by Gasteiger charge is 2.29. The zero-order chi connectivity index (χ0) is 16.4. The van der Waals surface area contributed by atoms with E-state index in [2.05, 4.69) is 0 Å². The van der Waals surface area contributed by atoms with E-state index < -0.39 is 50.0 Å². The van der Waals surface area contributed by atoms with Gasteiger partial charge in [-0.3, -0.25) is 0 Å². The maximum Gasteiger partial charge on any atom is 0.341 e. The van der Waals surface area contributed by atoms with Crippen molar-refractivity contribution in [1.29, 1.82) is 0 Å². The molecule has 1 aromatic rings. The van der Waals surface area contributed by atoms with Crippen molar-refractivity contribution >= 4 is 21.5 Å². The van der Waals surface area contributed by atoms with Gasteiger partial charge in [0, 0.05) is 6.07 Å². The van der Waals surface area contributed by atoms with Gasteiger partial charge in [-0.05, 0) is 26.8 Å². The molecule has 5 nitrogen and oxygen atoms in total. The number of sulfone groups is 1. The van der Waals surface area contributed by atoms with Crippen LogP contribution in [0.4, 0.5) is 14.5 Å². The molecule has 0 radical (unpaired) electrons. The van der Waals surface area contributed by atoms with Crippen molar-refractivity contribution in [3.8, 4) is 0 Å². The maximum atomic E-state index is 13.4. The summed E-state index contributed by atoms with van der Waals surface area (Å²) in [6.45, 7) is 4.13. The van der Waals surface area contributed by atoms with Gasteiger partial charge in [0.25, 0.3) is 0 Å². The van der Waals surface area contributed by atoms with E-state index in [1.807, 2.05) is 0 Å². The lowest BCUT2D eigenvalue weighted by atomic mass is 10.2. The monoisotopic (exact) mass is 321 g/mol. The first-order chi connectivity index (χ1) is 9.45. The highest BCUT2D eigenvalue weighted by molar-refractivity contribution is 7.92. The Morgan fingerprint density at radius 3 is 2.33 bits per heavy atom. The van der Waals surface area contributed by atoms with Gasteiger partial charge in [0.05, 0.1) is 21.8 Å². The summed E-state index contributed by atoms with van der Waals surface area (Å²) < 4.78 is 53.7. The van der Waals surface area contributed by atoms with Crippen molar-refractivity contribution in [2.45, 2.75) is 25.5 Å². The van der Waals surface area contributed by atoms with Crippen LogP contribution < -0.4 is 5.73 Å². The molecular weight excluding hydrogens is 304 g/mol. The molecule has 0 aliphatic heterocycles. The smallest absolute Gasteiger partial charge is 0.341 e. The van der Waals surface area contributed by atoms with E-state index >= 15 is 0 Å². The lowest BCUT2D eigenvalue weighted by Gasteiger charge is -2.18. The Morgan fingerprint density at radius 2 is 1.81 bits per heavy atom. The number of carbonyl (C=O) groups excluding carboxylic acids is 1. The topological polar surface area (TPSA) is 86.5 Å². The molecule has 118 valence electrons. The van der Waals surface area contributed by atoms with Crippen LogP contribution in [0, 0.1) is 11.6 Å². The van der Waals surface area contributed by atoms with Gasteiger partial charge in [-0.25, -0.2) is 22.0 Å². The van der Waals surface area contributed by atoms with Crippen LogP contribution in [0.5, 0.6) is 0 Å². The number of esters is 1. The highest BCUT2D eigenvalue weighted by atomic mass is 32.2. The summed E-state index contributed by atoms with van der Waals surface area (Å²) in [4.78, 5) is 11.6. The largest absolute Gasteiger partial charge is 0.461 e. The fourth-order valence-corrected chi connectivity index (χ4v) is 2.27. The molecule has 0 heterocycles. The Balaban J connectivity index is 2.74. The average Bonchev–Trinajstić information content (AvgIpc) is 2.31. The lowest BCUT2D eigenvalue weighted by molar-refractivity contribution is 0.0523. The number of ether oxygens (including phenoxy) is 1. The van der Waals surface area contributed by atoms with Crippen LogP contribution in [0.25, 0.3) is 0 Å². The van der Waals surface area contributed by atoms with Crippen LogP contribution >= 0.6 is 0 Å². The number of nitrogens with two attached hydrogens (primary N) is 1. The minimum Gasteiger partial charge on any atom is -0.461 e. The molecule has 0 bridgehead atoms. The van der Waals surface area contributed by atoms with Gasteiger partial charge in [-0.1, -0.05) is 0 Å². The van der Waals surface area contributed by atoms with Gasteiger partial charge in [0.1, 0.15) is 18.2 Å². The second-order valence-electron chi connectivity index (χ2n) is 5.42. The van der Waals surface area contributed by atoms with Crippen LogP contribution in [-0.2, 0) is 14.6 Å². The zero-order valence-electron chi connectivity index (χ0n) is 11.9. The fraction of sp³-hybridized carbons (Fsp3) is 0.462. The first kappa shape index (κ1) is 17.4. The van der Waals surface area contributed by atoms with Crippen molar-refractivity contribution in [3.63, 3.8) is 0 Å². The lowest BCUT2D eigenvalue weighted by Crippen LogP contribution is -2.32. The van der Waals surface area contributed by atoms with E-state index in [1.54, 1.807) is 0 Å². The molecular formula is C13H17F2NO4S. The number of benzene rings is 1. The summed E-state index contributed by atoms with van der Waals surface area (Å²) in [6, 6.07) is 1.28. The van der Waals surface area contributed by atoms with E-state index in [9.17, 15) is 22.0 Å². The number of anilines is 1. The third-order valence-corrected chi connectivity index (χ3v) is 5.39. The van der Waals surface area contributed by atoms with Crippen molar-refractivity contribution in [2.24, 2.45) is 0 Å². The number of hydrogen-bond acceptors (Lipinski definition) is 5. The molecule has 0 amide bonds. The third-order valence-electron chi connectivity index (χ3n) is 2.82. The molecule has 0 atom stereocenters. The van der Waals surface area contributed by atoms with Crippen LogP contribution in [0.1, 0.15) is 31.1 Å². The standard InChI is InChI=1S/C13H17F2NO4S/c1-13(2,3)21(18,19)5-4-20-12(17)8-6-11(16)10(15)7-9(8)14/h6-7H,4-5,16H2,1-3H3. The number of carbonyl (C=O) groups is 1. The second-order valence-corrected chi connectivity index (χ2v) is 8.28. The first-order valence-corrected chi connectivity index (χ1v) is 7.75. The van der Waals surface area contributed by atoms with Crippen LogP contribution in [-0.4, -0.2) is 31.5 Å². The summed E-state index contributed by atoms with van der Waals surface area (Å²) >= 11 is 0. The van der Waals surface area contributed by atoms with E-state index in [4.69, 9.17) is 10.5 Å². The second kappa shape index (κ2) is 5.97. The third kappa shape index (κ3) is 4.13. The molecule has 0 saturated carbocycles. The Kier molecular flexibility index (Phi) is 4.93. The summed E-state index contributed by atoms with van der Waals surface area (Å²) in [5, 5.41) is 0. The molecule has 0 fully saturated rings. The Morgan fingerprint density at radius 1 is 1.24 bits per heavy atom. The van der Waals surface area contributed by atoms with Gasteiger partial charge in [-0.2, -0.15) is 0 Å². The molecule has 0 unspecified atom stereocenters. The van der Waals surface area contributed by atoms with Crippen LogP contribution in [0.15, 0.2) is 12.1 Å². The number of nitrogen functional groups attached to an aromatic ring is 1. The normalized spacial score (nSPS) is 12.2. The van der Waals surface area contributed by atoms with Crippen molar-refractivity contribution < 1.29 is 26.7 Å². The summed E-state index contributed by atoms with van der Waals surface area (Å²) in [6.07, 6.45) is 0. The molecule has 1 aromatic carbocycles. The van der Waals surface area contributed by atoms with Gasteiger partial charge < -0.3 is 10.5 Å². The molecule has 0 spiro atoms. The number of rotatable bonds is 4. The molecule has 8 heteroatoms. The van der Waals surface area contributed by atoms with Gasteiger partial charge in [-0.15, -0.1) is 0 Å².